The van der Waals surface area contributed by atoms with Gasteiger partial charge >= 0.3 is 6.36 Å². The van der Waals surface area contributed by atoms with Crippen LogP contribution in [0.5, 0.6) is 5.75 Å². The molecule has 1 atom stereocenters. The number of ketones is 1. The fourth-order valence-corrected chi connectivity index (χ4v) is 1.64. The summed E-state index contributed by atoms with van der Waals surface area (Å²) in [6.45, 7) is 1.30. The molecule has 2 nitrogen and oxygen atoms in total. The maximum absolute atomic E-state index is 13.1. The normalized spacial score (nSPS) is 13.2. The molecule has 0 fully saturated rings. The van der Waals surface area contributed by atoms with Crippen LogP contribution in [0.15, 0.2) is 18.2 Å². The molecular formula is C11H9ClF4O2. The van der Waals surface area contributed by atoms with Gasteiger partial charge in [0.25, 0.3) is 0 Å². The van der Waals surface area contributed by atoms with Crippen LogP contribution in [0, 0.1) is 5.82 Å². The molecular weight excluding hydrogens is 276 g/mol. The summed E-state index contributed by atoms with van der Waals surface area (Å²) in [6, 6.07) is 2.86. The zero-order valence-corrected chi connectivity index (χ0v) is 9.98. The van der Waals surface area contributed by atoms with Gasteiger partial charge in [0.1, 0.15) is 5.78 Å². The zero-order valence-electron chi connectivity index (χ0n) is 9.22. The average Bonchev–Trinajstić information content (AvgIpc) is 2.18. The first kappa shape index (κ1) is 14.8. The molecule has 0 aliphatic rings. The molecule has 0 N–H and O–H groups in total. The van der Waals surface area contributed by atoms with Gasteiger partial charge in [-0.15, -0.1) is 24.8 Å². The van der Waals surface area contributed by atoms with Gasteiger partial charge in [0.15, 0.2) is 11.6 Å². The first-order valence-electron chi connectivity index (χ1n) is 4.88. The number of hydrogen-bond acceptors (Lipinski definition) is 2. The van der Waals surface area contributed by atoms with E-state index in [9.17, 15) is 22.4 Å². The van der Waals surface area contributed by atoms with E-state index in [2.05, 4.69) is 4.74 Å². The maximum atomic E-state index is 13.1. The fraction of sp³-hybridized carbons (Fsp3) is 0.364. The Labute approximate surface area is 105 Å². The molecule has 0 saturated heterocycles. The summed E-state index contributed by atoms with van der Waals surface area (Å²) in [7, 11) is 0. The minimum Gasteiger partial charge on any atom is -0.403 e. The quantitative estimate of drug-likeness (QED) is 0.617. The molecule has 0 heterocycles. The molecule has 1 aromatic carbocycles. The zero-order chi connectivity index (χ0) is 13.9. The van der Waals surface area contributed by atoms with Gasteiger partial charge < -0.3 is 4.74 Å². The van der Waals surface area contributed by atoms with Crippen molar-refractivity contribution in [2.45, 2.75) is 25.1 Å². The molecule has 100 valence electrons. The average molecular weight is 285 g/mol. The van der Waals surface area contributed by atoms with Crippen molar-refractivity contribution in [3.05, 3.63) is 29.6 Å². The molecule has 1 rings (SSSR count). The third-order valence-corrected chi connectivity index (χ3v) is 2.42. The van der Waals surface area contributed by atoms with Crippen molar-refractivity contribution in [3.8, 4) is 5.75 Å². The summed E-state index contributed by atoms with van der Waals surface area (Å²) in [6.07, 6.45) is -5.04. The Kier molecular flexibility index (Phi) is 4.56. The summed E-state index contributed by atoms with van der Waals surface area (Å²) >= 11 is 5.82. The molecule has 0 aliphatic carbocycles. The summed E-state index contributed by atoms with van der Waals surface area (Å²) in [4.78, 5) is 10.8. The SMILES string of the molecule is CC(=O)CC(Cl)c1ccc(F)c(OC(F)(F)F)c1. The standard InChI is InChI=1S/C11H9ClF4O2/c1-6(17)4-8(12)7-2-3-9(13)10(5-7)18-11(14,15)16/h2-3,5,8H,4H2,1H3. The van der Waals surface area contributed by atoms with E-state index in [0.29, 0.717) is 0 Å². The van der Waals surface area contributed by atoms with Crippen LogP contribution in [0.1, 0.15) is 24.3 Å². The van der Waals surface area contributed by atoms with Crippen LogP contribution in [0.4, 0.5) is 17.6 Å². The molecule has 1 unspecified atom stereocenters. The topological polar surface area (TPSA) is 26.3 Å². The number of carbonyl (C=O) groups excluding carboxylic acids is 1. The van der Waals surface area contributed by atoms with Crippen molar-refractivity contribution < 1.29 is 27.1 Å². The summed E-state index contributed by atoms with van der Waals surface area (Å²) in [5.41, 5.74) is 0.188. The molecule has 18 heavy (non-hydrogen) atoms. The third-order valence-electron chi connectivity index (χ3n) is 2.01. The van der Waals surface area contributed by atoms with Crippen molar-refractivity contribution in [1.29, 1.82) is 0 Å². The highest BCUT2D eigenvalue weighted by atomic mass is 35.5. The summed E-state index contributed by atoms with van der Waals surface area (Å²) in [5, 5.41) is -0.821. The first-order chi connectivity index (χ1) is 8.19. The second kappa shape index (κ2) is 5.56. The second-order valence-electron chi connectivity index (χ2n) is 3.61. The highest BCUT2D eigenvalue weighted by Crippen LogP contribution is 2.31. The molecule has 0 aromatic heterocycles. The van der Waals surface area contributed by atoms with Gasteiger partial charge in [-0.2, -0.15) is 0 Å². The van der Waals surface area contributed by atoms with E-state index < -0.39 is 23.3 Å². The Morgan fingerprint density at radius 2 is 2.06 bits per heavy atom. The van der Waals surface area contributed by atoms with Gasteiger partial charge in [-0.05, 0) is 24.6 Å². The molecule has 0 aliphatic heterocycles. The van der Waals surface area contributed by atoms with E-state index in [1.165, 1.54) is 13.0 Å². The number of alkyl halides is 4. The molecule has 0 spiro atoms. The predicted octanol–water partition coefficient (Wildman–Crippen LogP) is 3.98. The lowest BCUT2D eigenvalue weighted by Gasteiger charge is -2.13. The van der Waals surface area contributed by atoms with Gasteiger partial charge in [-0.3, -0.25) is 4.79 Å². The first-order valence-corrected chi connectivity index (χ1v) is 5.31. The number of Topliss-reactive ketones (excluding diaryl/α,β-unsaturated/α-hetero) is 1. The van der Waals surface area contributed by atoms with Crippen LogP contribution >= 0.6 is 11.6 Å². The number of hydrogen-bond donors (Lipinski definition) is 0. The smallest absolute Gasteiger partial charge is 0.403 e. The van der Waals surface area contributed by atoms with Crippen LogP contribution in [0.25, 0.3) is 0 Å². The monoisotopic (exact) mass is 284 g/mol. The minimum absolute atomic E-state index is 0.0569. The summed E-state index contributed by atoms with van der Waals surface area (Å²) in [5.74, 6) is -2.34. The van der Waals surface area contributed by atoms with Crippen molar-refractivity contribution >= 4 is 17.4 Å². The molecule has 7 heteroatoms. The van der Waals surface area contributed by atoms with Crippen LogP contribution in [-0.4, -0.2) is 12.1 Å². The van der Waals surface area contributed by atoms with Gasteiger partial charge in [-0.25, -0.2) is 4.39 Å². The predicted molar refractivity (Wildman–Crippen MR) is 57.0 cm³/mol. The van der Waals surface area contributed by atoms with Crippen LogP contribution in [0.2, 0.25) is 0 Å². The number of benzene rings is 1. The van der Waals surface area contributed by atoms with E-state index in [4.69, 9.17) is 11.6 Å². The molecule has 0 saturated carbocycles. The van der Waals surface area contributed by atoms with E-state index in [0.717, 1.165) is 12.1 Å². The van der Waals surface area contributed by atoms with E-state index in [-0.39, 0.29) is 17.8 Å². The van der Waals surface area contributed by atoms with Crippen molar-refractivity contribution in [2.24, 2.45) is 0 Å². The van der Waals surface area contributed by atoms with E-state index >= 15 is 0 Å². The van der Waals surface area contributed by atoms with Crippen molar-refractivity contribution in [3.63, 3.8) is 0 Å². The van der Waals surface area contributed by atoms with E-state index in [1.807, 2.05) is 0 Å². The minimum atomic E-state index is -4.98. The maximum Gasteiger partial charge on any atom is 0.573 e. The van der Waals surface area contributed by atoms with Crippen molar-refractivity contribution in [1.82, 2.24) is 0 Å². The number of halogens is 5. The second-order valence-corrected chi connectivity index (χ2v) is 4.14. The van der Waals surface area contributed by atoms with Gasteiger partial charge in [-0.1, -0.05) is 6.07 Å². The number of ether oxygens (including phenoxy) is 1. The lowest BCUT2D eigenvalue weighted by molar-refractivity contribution is -0.275. The Morgan fingerprint density at radius 3 is 2.56 bits per heavy atom. The van der Waals surface area contributed by atoms with Crippen LogP contribution in [0.3, 0.4) is 0 Å². The molecule has 0 amide bonds. The highest BCUT2D eigenvalue weighted by Gasteiger charge is 2.32. The Hall–Kier alpha value is -1.30. The summed E-state index contributed by atoms with van der Waals surface area (Å²) < 4.78 is 52.6. The largest absolute Gasteiger partial charge is 0.573 e. The Morgan fingerprint density at radius 1 is 1.44 bits per heavy atom. The number of carbonyl (C=O) groups is 1. The molecule has 0 radical (unpaired) electrons. The third kappa shape index (κ3) is 4.52. The molecule has 0 bridgehead atoms. The Bertz CT molecular complexity index is 445. The lowest BCUT2D eigenvalue weighted by atomic mass is 10.1. The van der Waals surface area contributed by atoms with Gasteiger partial charge in [0, 0.05) is 6.42 Å². The van der Waals surface area contributed by atoms with Crippen LogP contribution < -0.4 is 4.74 Å². The van der Waals surface area contributed by atoms with Crippen molar-refractivity contribution in [2.75, 3.05) is 0 Å². The van der Waals surface area contributed by atoms with E-state index in [1.54, 1.807) is 0 Å². The lowest BCUT2D eigenvalue weighted by Crippen LogP contribution is -2.18. The van der Waals surface area contributed by atoms with Gasteiger partial charge in [0.2, 0.25) is 0 Å². The van der Waals surface area contributed by atoms with Gasteiger partial charge in [0.05, 0.1) is 5.38 Å². The number of rotatable bonds is 4. The fourth-order valence-electron chi connectivity index (χ4n) is 1.29. The Balaban J connectivity index is 2.96. The van der Waals surface area contributed by atoms with Crippen LogP contribution in [-0.2, 0) is 4.79 Å². The molecule has 1 aromatic rings. The highest BCUT2D eigenvalue weighted by molar-refractivity contribution is 6.21.